The van der Waals surface area contributed by atoms with Gasteiger partial charge in [-0.25, -0.2) is 0 Å². The molecule has 0 fully saturated rings. The van der Waals surface area contributed by atoms with Crippen molar-refractivity contribution in [3.63, 3.8) is 0 Å². The number of anilines is 1. The second-order valence-corrected chi connectivity index (χ2v) is 7.15. The van der Waals surface area contributed by atoms with Crippen LogP contribution in [0.3, 0.4) is 0 Å². The minimum Gasteiger partial charge on any atom is -0.497 e. The number of fused-ring (bicyclic) bond motifs is 1. The Hall–Kier alpha value is -2.12. The number of halogens is 1. The van der Waals surface area contributed by atoms with E-state index < -0.39 is 0 Å². The SMILES string of the molecule is COc1ccc(Br)c(C(=O)NCCCNc2ccnc3ccsc23)c1. The van der Waals surface area contributed by atoms with E-state index in [4.69, 9.17) is 4.74 Å². The van der Waals surface area contributed by atoms with Crippen molar-refractivity contribution in [3.05, 3.63) is 51.9 Å². The van der Waals surface area contributed by atoms with Crippen LogP contribution in [-0.2, 0) is 0 Å². The predicted octanol–water partition coefficient (Wildman–Crippen LogP) is 4.30. The van der Waals surface area contributed by atoms with E-state index in [1.165, 1.54) is 0 Å². The fourth-order valence-corrected chi connectivity index (χ4v) is 3.70. The number of pyridine rings is 1. The van der Waals surface area contributed by atoms with Gasteiger partial charge in [-0.1, -0.05) is 0 Å². The lowest BCUT2D eigenvalue weighted by molar-refractivity contribution is 0.0952. The van der Waals surface area contributed by atoms with Crippen LogP contribution in [0.4, 0.5) is 5.69 Å². The molecule has 0 saturated heterocycles. The first-order valence-electron chi connectivity index (χ1n) is 7.87. The molecule has 25 heavy (non-hydrogen) atoms. The van der Waals surface area contributed by atoms with Gasteiger partial charge in [0.1, 0.15) is 5.75 Å². The maximum absolute atomic E-state index is 12.3. The van der Waals surface area contributed by atoms with Crippen LogP contribution in [-0.4, -0.2) is 31.1 Å². The maximum atomic E-state index is 12.3. The monoisotopic (exact) mass is 419 g/mol. The minimum atomic E-state index is -0.115. The third kappa shape index (κ3) is 4.29. The van der Waals surface area contributed by atoms with E-state index in [0.717, 1.165) is 33.3 Å². The molecule has 0 atom stereocenters. The van der Waals surface area contributed by atoms with E-state index in [9.17, 15) is 4.79 Å². The van der Waals surface area contributed by atoms with Crippen molar-refractivity contribution in [1.29, 1.82) is 0 Å². The van der Waals surface area contributed by atoms with Crippen molar-refractivity contribution in [1.82, 2.24) is 10.3 Å². The van der Waals surface area contributed by atoms with Crippen molar-refractivity contribution >= 4 is 49.1 Å². The number of thiophene rings is 1. The highest BCUT2D eigenvalue weighted by atomic mass is 79.9. The highest BCUT2D eigenvalue weighted by Crippen LogP contribution is 2.26. The van der Waals surface area contributed by atoms with Gasteiger partial charge < -0.3 is 15.4 Å². The second kappa shape index (κ2) is 8.31. The van der Waals surface area contributed by atoms with Gasteiger partial charge in [-0.15, -0.1) is 11.3 Å². The Morgan fingerprint density at radius 1 is 1.28 bits per heavy atom. The summed E-state index contributed by atoms with van der Waals surface area (Å²) >= 11 is 5.07. The summed E-state index contributed by atoms with van der Waals surface area (Å²) in [6, 6.07) is 9.33. The first-order valence-corrected chi connectivity index (χ1v) is 9.54. The average Bonchev–Trinajstić information content (AvgIpc) is 3.11. The number of benzene rings is 1. The fourth-order valence-electron chi connectivity index (χ4n) is 2.43. The van der Waals surface area contributed by atoms with Gasteiger partial charge in [-0.3, -0.25) is 9.78 Å². The molecule has 3 aromatic rings. The number of hydrogen-bond acceptors (Lipinski definition) is 5. The van der Waals surface area contributed by atoms with Gasteiger partial charge in [0.05, 0.1) is 28.6 Å². The fraction of sp³-hybridized carbons (Fsp3) is 0.222. The van der Waals surface area contributed by atoms with Gasteiger partial charge in [0.15, 0.2) is 0 Å². The molecule has 3 rings (SSSR count). The largest absolute Gasteiger partial charge is 0.497 e. The molecular weight excluding hydrogens is 402 g/mol. The number of carbonyl (C=O) groups excluding carboxylic acids is 1. The van der Waals surface area contributed by atoms with Gasteiger partial charge in [0.2, 0.25) is 0 Å². The molecule has 0 aliphatic carbocycles. The Morgan fingerprint density at radius 3 is 3.00 bits per heavy atom. The molecule has 2 heterocycles. The molecule has 0 saturated carbocycles. The Kier molecular flexibility index (Phi) is 5.88. The first-order chi connectivity index (χ1) is 12.2. The standard InChI is InChI=1S/C18H18BrN3O2S/c1-24-12-3-4-14(19)13(11-12)18(23)22-8-2-7-20-15-5-9-21-16-6-10-25-17(15)16/h3-6,9-11H,2,7-8H2,1H3,(H,20,21)(H,22,23). The molecule has 1 aromatic carbocycles. The molecule has 5 nitrogen and oxygen atoms in total. The summed E-state index contributed by atoms with van der Waals surface area (Å²) in [5.41, 5.74) is 2.66. The number of nitrogens with zero attached hydrogens (tertiary/aromatic N) is 1. The Balaban J connectivity index is 1.49. The lowest BCUT2D eigenvalue weighted by Gasteiger charge is -2.10. The van der Waals surface area contributed by atoms with E-state index in [2.05, 4.69) is 31.5 Å². The lowest BCUT2D eigenvalue weighted by atomic mass is 10.2. The third-order valence-electron chi connectivity index (χ3n) is 3.72. The summed E-state index contributed by atoms with van der Waals surface area (Å²) in [5.74, 6) is 0.544. The van der Waals surface area contributed by atoms with Gasteiger partial charge >= 0.3 is 0 Å². The molecule has 7 heteroatoms. The zero-order valence-electron chi connectivity index (χ0n) is 13.7. The summed E-state index contributed by atoms with van der Waals surface area (Å²) in [6.45, 7) is 1.37. The molecule has 0 radical (unpaired) electrons. The molecule has 0 aliphatic rings. The molecule has 0 unspecified atom stereocenters. The van der Waals surface area contributed by atoms with Crippen LogP contribution in [0.5, 0.6) is 5.75 Å². The number of amides is 1. The highest BCUT2D eigenvalue weighted by Gasteiger charge is 2.10. The van der Waals surface area contributed by atoms with Crippen LogP contribution in [0.25, 0.3) is 10.2 Å². The molecular formula is C18H18BrN3O2S. The normalized spacial score (nSPS) is 10.6. The number of rotatable bonds is 7. The van der Waals surface area contributed by atoms with Gasteiger partial charge in [0, 0.05) is 23.8 Å². The zero-order valence-corrected chi connectivity index (χ0v) is 16.1. The first kappa shape index (κ1) is 17.7. The van der Waals surface area contributed by atoms with Crippen molar-refractivity contribution < 1.29 is 9.53 Å². The van der Waals surface area contributed by atoms with Crippen LogP contribution >= 0.6 is 27.3 Å². The summed E-state index contributed by atoms with van der Waals surface area (Å²) < 4.78 is 7.08. The van der Waals surface area contributed by atoms with E-state index in [-0.39, 0.29) is 5.91 Å². The van der Waals surface area contributed by atoms with E-state index >= 15 is 0 Å². The van der Waals surface area contributed by atoms with Crippen LogP contribution in [0.15, 0.2) is 46.4 Å². The molecule has 130 valence electrons. The predicted molar refractivity (Wildman–Crippen MR) is 106 cm³/mol. The number of nitrogens with one attached hydrogen (secondary N) is 2. The van der Waals surface area contributed by atoms with Crippen molar-refractivity contribution in [3.8, 4) is 5.75 Å². The Bertz CT molecular complexity index is 882. The average molecular weight is 420 g/mol. The smallest absolute Gasteiger partial charge is 0.252 e. The van der Waals surface area contributed by atoms with Gasteiger partial charge in [-0.05, 0) is 58.1 Å². The summed E-state index contributed by atoms with van der Waals surface area (Å²) in [5, 5.41) is 8.38. The van der Waals surface area contributed by atoms with Crippen LogP contribution in [0.2, 0.25) is 0 Å². The van der Waals surface area contributed by atoms with Crippen LogP contribution < -0.4 is 15.4 Å². The van der Waals surface area contributed by atoms with Crippen molar-refractivity contribution in [2.24, 2.45) is 0 Å². The van der Waals surface area contributed by atoms with E-state index in [0.29, 0.717) is 17.9 Å². The van der Waals surface area contributed by atoms with Crippen molar-refractivity contribution in [2.45, 2.75) is 6.42 Å². The summed E-state index contributed by atoms with van der Waals surface area (Å²) in [7, 11) is 1.58. The molecule has 0 aliphatic heterocycles. The van der Waals surface area contributed by atoms with Crippen molar-refractivity contribution in [2.75, 3.05) is 25.5 Å². The maximum Gasteiger partial charge on any atom is 0.252 e. The minimum absolute atomic E-state index is 0.115. The molecule has 2 aromatic heterocycles. The number of methoxy groups -OCH3 is 1. The Labute approximate surface area is 158 Å². The molecule has 0 bridgehead atoms. The number of carbonyl (C=O) groups is 1. The van der Waals surface area contributed by atoms with E-state index in [1.54, 1.807) is 30.7 Å². The number of hydrogen-bond donors (Lipinski definition) is 2. The van der Waals surface area contributed by atoms with Crippen LogP contribution in [0.1, 0.15) is 16.8 Å². The number of aromatic nitrogens is 1. The quantitative estimate of drug-likeness (QED) is 0.560. The van der Waals surface area contributed by atoms with Gasteiger partial charge in [0.25, 0.3) is 5.91 Å². The highest BCUT2D eigenvalue weighted by molar-refractivity contribution is 9.10. The van der Waals surface area contributed by atoms with Crippen LogP contribution in [0, 0.1) is 0 Å². The second-order valence-electron chi connectivity index (χ2n) is 5.38. The summed E-state index contributed by atoms with van der Waals surface area (Å²) in [4.78, 5) is 16.6. The molecule has 0 spiro atoms. The zero-order chi connectivity index (χ0) is 17.6. The topological polar surface area (TPSA) is 63.2 Å². The summed E-state index contributed by atoms with van der Waals surface area (Å²) in [6.07, 6.45) is 2.63. The molecule has 1 amide bonds. The third-order valence-corrected chi connectivity index (χ3v) is 5.35. The van der Waals surface area contributed by atoms with E-state index in [1.807, 2.05) is 29.6 Å². The lowest BCUT2D eigenvalue weighted by Crippen LogP contribution is -2.26. The number of ether oxygens (including phenoxy) is 1. The van der Waals surface area contributed by atoms with Gasteiger partial charge in [-0.2, -0.15) is 0 Å². The molecule has 2 N–H and O–H groups in total. The Morgan fingerprint density at radius 2 is 2.16 bits per heavy atom.